The molecular weight excluding hydrogens is 228 g/mol. The van der Waals surface area contributed by atoms with Gasteiger partial charge in [0.15, 0.2) is 0 Å². The highest BCUT2D eigenvalue weighted by Crippen LogP contribution is 2.54. The van der Waals surface area contributed by atoms with E-state index in [9.17, 15) is 14.4 Å². The molecule has 0 radical (unpaired) electrons. The normalized spacial score (nSPS) is 35.7. The highest BCUT2D eigenvalue weighted by molar-refractivity contribution is 5.92. The van der Waals surface area contributed by atoms with Crippen molar-refractivity contribution >= 4 is 17.3 Å². The lowest BCUT2D eigenvalue weighted by Crippen LogP contribution is -2.43. The Kier molecular flexibility index (Phi) is 3.69. The summed E-state index contributed by atoms with van der Waals surface area (Å²) < 4.78 is 0. The number of rotatable bonds is 4. The highest BCUT2D eigenvalue weighted by atomic mass is 16.1. The van der Waals surface area contributed by atoms with Crippen molar-refractivity contribution < 1.29 is 14.4 Å². The van der Waals surface area contributed by atoms with Gasteiger partial charge in [0.05, 0.1) is 0 Å². The molecule has 3 heteroatoms. The van der Waals surface area contributed by atoms with E-state index in [0.717, 1.165) is 19.3 Å². The van der Waals surface area contributed by atoms with Crippen molar-refractivity contribution in [2.75, 3.05) is 0 Å². The van der Waals surface area contributed by atoms with Gasteiger partial charge in [-0.3, -0.25) is 9.59 Å². The molecule has 0 aromatic heterocycles. The summed E-state index contributed by atoms with van der Waals surface area (Å²) >= 11 is 0. The van der Waals surface area contributed by atoms with Gasteiger partial charge in [-0.2, -0.15) is 0 Å². The van der Waals surface area contributed by atoms with Crippen molar-refractivity contribution in [2.24, 2.45) is 17.3 Å². The molecular formula is C15H22O3. The van der Waals surface area contributed by atoms with E-state index in [1.165, 1.54) is 0 Å². The van der Waals surface area contributed by atoms with Crippen LogP contribution in [0, 0.1) is 17.3 Å². The molecule has 0 aromatic rings. The Bertz CT molecular complexity index is 385. The van der Waals surface area contributed by atoms with E-state index in [-0.39, 0.29) is 28.8 Å². The molecule has 2 aliphatic rings. The SMILES string of the molecule is CC[C@]12CCC(=O)C(CCC(C)=O)[C@@H]1CCC2=O. The average Bonchev–Trinajstić information content (AvgIpc) is 2.66. The molecule has 0 aliphatic heterocycles. The Balaban J connectivity index is 2.20. The fraction of sp³-hybridized carbons (Fsp3) is 0.800. The van der Waals surface area contributed by atoms with Crippen LogP contribution in [0.3, 0.4) is 0 Å². The molecule has 0 amide bonds. The van der Waals surface area contributed by atoms with Crippen LogP contribution in [-0.2, 0) is 14.4 Å². The van der Waals surface area contributed by atoms with Crippen molar-refractivity contribution in [3.63, 3.8) is 0 Å². The van der Waals surface area contributed by atoms with Crippen LogP contribution in [0.5, 0.6) is 0 Å². The van der Waals surface area contributed by atoms with Crippen LogP contribution in [0.15, 0.2) is 0 Å². The van der Waals surface area contributed by atoms with Crippen LogP contribution in [0.4, 0.5) is 0 Å². The van der Waals surface area contributed by atoms with Gasteiger partial charge < -0.3 is 4.79 Å². The molecule has 0 aromatic carbocycles. The van der Waals surface area contributed by atoms with Crippen LogP contribution < -0.4 is 0 Å². The molecule has 3 nitrogen and oxygen atoms in total. The van der Waals surface area contributed by atoms with Gasteiger partial charge in [0, 0.05) is 30.6 Å². The summed E-state index contributed by atoms with van der Waals surface area (Å²) in [4.78, 5) is 35.4. The Hall–Kier alpha value is -0.990. The van der Waals surface area contributed by atoms with E-state index in [2.05, 4.69) is 6.92 Å². The van der Waals surface area contributed by atoms with E-state index in [4.69, 9.17) is 0 Å². The van der Waals surface area contributed by atoms with Gasteiger partial charge in [-0.05, 0) is 38.5 Å². The second-order valence-corrected chi connectivity index (χ2v) is 5.89. The number of Topliss-reactive ketones (excluding diaryl/α,β-unsaturated/α-hetero) is 3. The van der Waals surface area contributed by atoms with Crippen molar-refractivity contribution in [1.29, 1.82) is 0 Å². The quantitative estimate of drug-likeness (QED) is 0.770. The van der Waals surface area contributed by atoms with E-state index in [0.29, 0.717) is 31.5 Å². The standard InChI is InChI=1S/C15H22O3/c1-3-15-9-8-13(17)11(5-4-10(2)16)12(15)6-7-14(15)18/h11-12H,3-9H2,1-2H3/t11?,12-,15-/m0/s1. The Morgan fingerprint density at radius 1 is 1.33 bits per heavy atom. The zero-order valence-electron chi connectivity index (χ0n) is 11.3. The molecule has 2 rings (SSSR count). The summed E-state index contributed by atoms with van der Waals surface area (Å²) in [5.41, 5.74) is -0.241. The molecule has 0 bridgehead atoms. The minimum Gasteiger partial charge on any atom is -0.300 e. The van der Waals surface area contributed by atoms with Gasteiger partial charge in [0.2, 0.25) is 0 Å². The highest BCUT2D eigenvalue weighted by Gasteiger charge is 2.54. The molecule has 2 saturated carbocycles. The first-order valence-electron chi connectivity index (χ1n) is 7.06. The minimum absolute atomic E-state index is 0.0472. The van der Waals surface area contributed by atoms with Crippen LogP contribution in [-0.4, -0.2) is 17.3 Å². The van der Waals surface area contributed by atoms with Gasteiger partial charge in [-0.25, -0.2) is 0 Å². The van der Waals surface area contributed by atoms with E-state index in [1.54, 1.807) is 6.92 Å². The second-order valence-electron chi connectivity index (χ2n) is 5.89. The van der Waals surface area contributed by atoms with Crippen molar-refractivity contribution in [2.45, 2.75) is 58.8 Å². The first-order chi connectivity index (χ1) is 8.51. The maximum atomic E-state index is 12.2. The summed E-state index contributed by atoms with van der Waals surface area (Å²) in [5, 5.41) is 0. The number of hydrogen-bond donors (Lipinski definition) is 0. The third kappa shape index (κ3) is 2.04. The summed E-state index contributed by atoms with van der Waals surface area (Å²) in [6, 6.07) is 0. The minimum atomic E-state index is -0.241. The Morgan fingerprint density at radius 2 is 2.06 bits per heavy atom. The molecule has 100 valence electrons. The summed E-state index contributed by atoms with van der Waals surface area (Å²) in [5.74, 6) is 0.930. The summed E-state index contributed by atoms with van der Waals surface area (Å²) in [6.45, 7) is 3.63. The number of carbonyl (C=O) groups is 3. The molecule has 2 aliphatic carbocycles. The first kappa shape index (κ1) is 13.4. The Morgan fingerprint density at radius 3 is 2.67 bits per heavy atom. The molecule has 1 unspecified atom stereocenters. The molecule has 0 saturated heterocycles. The van der Waals surface area contributed by atoms with Crippen molar-refractivity contribution in [3.05, 3.63) is 0 Å². The predicted octanol–water partition coefficient (Wildman–Crippen LogP) is 2.71. The van der Waals surface area contributed by atoms with Crippen LogP contribution in [0.2, 0.25) is 0 Å². The van der Waals surface area contributed by atoms with E-state index >= 15 is 0 Å². The number of carbonyl (C=O) groups excluding carboxylic acids is 3. The molecule has 0 N–H and O–H groups in total. The lowest BCUT2D eigenvalue weighted by molar-refractivity contribution is -0.138. The maximum absolute atomic E-state index is 12.2. The largest absolute Gasteiger partial charge is 0.300 e. The van der Waals surface area contributed by atoms with Crippen LogP contribution >= 0.6 is 0 Å². The van der Waals surface area contributed by atoms with Gasteiger partial charge in [-0.1, -0.05) is 6.92 Å². The number of ketones is 3. The number of hydrogen-bond acceptors (Lipinski definition) is 3. The zero-order valence-corrected chi connectivity index (χ0v) is 11.3. The fourth-order valence-corrected chi connectivity index (χ4v) is 4.04. The van der Waals surface area contributed by atoms with Gasteiger partial charge >= 0.3 is 0 Å². The molecule has 2 fully saturated rings. The second kappa shape index (κ2) is 4.94. The lowest BCUT2D eigenvalue weighted by Gasteiger charge is -2.41. The van der Waals surface area contributed by atoms with E-state index < -0.39 is 0 Å². The maximum Gasteiger partial charge on any atom is 0.139 e. The van der Waals surface area contributed by atoms with Gasteiger partial charge in [-0.15, -0.1) is 0 Å². The Labute approximate surface area is 108 Å². The lowest BCUT2D eigenvalue weighted by atomic mass is 9.60. The molecule has 0 heterocycles. The van der Waals surface area contributed by atoms with Crippen LogP contribution in [0.1, 0.15) is 58.8 Å². The van der Waals surface area contributed by atoms with Gasteiger partial charge in [0.25, 0.3) is 0 Å². The third-order valence-electron chi connectivity index (χ3n) is 5.10. The summed E-state index contributed by atoms with van der Waals surface area (Å²) in [7, 11) is 0. The monoisotopic (exact) mass is 250 g/mol. The van der Waals surface area contributed by atoms with E-state index in [1.807, 2.05) is 0 Å². The number of fused-ring (bicyclic) bond motifs is 1. The molecule has 3 atom stereocenters. The van der Waals surface area contributed by atoms with Crippen molar-refractivity contribution in [3.8, 4) is 0 Å². The molecule has 18 heavy (non-hydrogen) atoms. The van der Waals surface area contributed by atoms with Gasteiger partial charge in [0.1, 0.15) is 17.3 Å². The van der Waals surface area contributed by atoms with Crippen LogP contribution in [0.25, 0.3) is 0 Å². The molecule has 0 spiro atoms. The van der Waals surface area contributed by atoms with Crippen molar-refractivity contribution in [1.82, 2.24) is 0 Å². The topological polar surface area (TPSA) is 51.2 Å². The smallest absolute Gasteiger partial charge is 0.139 e. The fourth-order valence-electron chi connectivity index (χ4n) is 4.04. The third-order valence-corrected chi connectivity index (χ3v) is 5.10. The summed E-state index contributed by atoms with van der Waals surface area (Å²) in [6.07, 6.45) is 4.71. The predicted molar refractivity (Wildman–Crippen MR) is 68.1 cm³/mol. The first-order valence-corrected chi connectivity index (χ1v) is 7.06. The average molecular weight is 250 g/mol. The zero-order chi connectivity index (χ0) is 13.3.